The summed E-state index contributed by atoms with van der Waals surface area (Å²) in [7, 11) is 0. The molecule has 1 amide bonds. The Morgan fingerprint density at radius 3 is 2.85 bits per heavy atom. The molecule has 0 heterocycles. The van der Waals surface area contributed by atoms with E-state index in [1.54, 1.807) is 6.92 Å². The van der Waals surface area contributed by atoms with Crippen molar-refractivity contribution in [3.63, 3.8) is 0 Å². The van der Waals surface area contributed by atoms with Crippen LogP contribution in [0.15, 0.2) is 0 Å². The van der Waals surface area contributed by atoms with Crippen LogP contribution in [0.3, 0.4) is 0 Å². The molecule has 1 saturated carbocycles. The van der Waals surface area contributed by atoms with E-state index in [1.165, 1.54) is 0 Å². The molecule has 4 heteroatoms. The maximum Gasteiger partial charge on any atom is 0.236 e. The van der Waals surface area contributed by atoms with Gasteiger partial charge in [-0.25, -0.2) is 0 Å². The minimum atomic E-state index is -0.418. The summed E-state index contributed by atoms with van der Waals surface area (Å²) >= 11 is 0. The number of hydrogen-bond donors (Lipinski definition) is 3. The van der Waals surface area contributed by atoms with E-state index in [9.17, 15) is 4.79 Å². The van der Waals surface area contributed by atoms with Gasteiger partial charge in [-0.3, -0.25) is 4.79 Å². The van der Waals surface area contributed by atoms with E-state index in [1.807, 2.05) is 0 Å². The van der Waals surface area contributed by atoms with Crippen LogP contribution >= 0.6 is 0 Å². The zero-order valence-corrected chi connectivity index (χ0v) is 8.12. The molecule has 5 N–H and O–H groups in total. The van der Waals surface area contributed by atoms with Crippen LogP contribution in [0, 0.1) is 5.92 Å². The number of carbonyl (C=O) groups excluding carboxylic acids is 1. The fraction of sp³-hybridized carbons (Fsp3) is 0.889. The molecule has 0 aromatic rings. The average molecular weight is 185 g/mol. The molecule has 0 radical (unpaired) electrons. The smallest absolute Gasteiger partial charge is 0.236 e. The van der Waals surface area contributed by atoms with Gasteiger partial charge in [-0.1, -0.05) is 6.42 Å². The Morgan fingerprint density at radius 2 is 2.31 bits per heavy atom. The highest BCUT2D eigenvalue weighted by atomic mass is 16.2. The molecule has 0 spiro atoms. The molecule has 1 aliphatic carbocycles. The van der Waals surface area contributed by atoms with Crippen LogP contribution in [-0.2, 0) is 4.79 Å². The van der Waals surface area contributed by atoms with Gasteiger partial charge in [0.15, 0.2) is 0 Å². The summed E-state index contributed by atoms with van der Waals surface area (Å²) in [5.41, 5.74) is 11.1. The molecule has 1 aliphatic rings. The van der Waals surface area contributed by atoms with Crippen LogP contribution in [0.1, 0.15) is 26.2 Å². The van der Waals surface area contributed by atoms with Crippen LogP contribution in [0.5, 0.6) is 0 Å². The maximum atomic E-state index is 11.3. The molecule has 13 heavy (non-hydrogen) atoms. The third-order valence-corrected chi connectivity index (χ3v) is 2.70. The average Bonchev–Trinajstić information content (AvgIpc) is 2.51. The highest BCUT2D eigenvalue weighted by Gasteiger charge is 2.27. The molecule has 1 fully saturated rings. The summed E-state index contributed by atoms with van der Waals surface area (Å²) in [5, 5.41) is 2.94. The van der Waals surface area contributed by atoms with E-state index in [0.717, 1.165) is 19.3 Å². The molecule has 1 rings (SSSR count). The predicted octanol–water partition coefficient (Wildman–Crippen LogP) is -0.423. The van der Waals surface area contributed by atoms with E-state index < -0.39 is 6.04 Å². The van der Waals surface area contributed by atoms with Gasteiger partial charge in [0.1, 0.15) is 0 Å². The van der Waals surface area contributed by atoms with Crippen molar-refractivity contribution in [1.82, 2.24) is 5.32 Å². The Bertz CT molecular complexity index is 182. The second-order valence-electron chi connectivity index (χ2n) is 3.83. The van der Waals surface area contributed by atoms with Crippen molar-refractivity contribution in [2.45, 2.75) is 38.3 Å². The van der Waals surface area contributed by atoms with Crippen molar-refractivity contribution in [3.05, 3.63) is 0 Å². The SMILES string of the molecule is CC(N)C(=O)NC1CCCC1CN. The Labute approximate surface area is 79.0 Å². The highest BCUT2D eigenvalue weighted by Crippen LogP contribution is 2.24. The number of nitrogens with one attached hydrogen (secondary N) is 1. The van der Waals surface area contributed by atoms with E-state index in [2.05, 4.69) is 5.32 Å². The first-order valence-corrected chi connectivity index (χ1v) is 4.91. The molecule has 3 atom stereocenters. The quantitative estimate of drug-likeness (QED) is 0.558. The van der Waals surface area contributed by atoms with Crippen LogP contribution in [0.2, 0.25) is 0 Å². The minimum Gasteiger partial charge on any atom is -0.352 e. The molecular formula is C9H19N3O. The Hall–Kier alpha value is -0.610. The van der Waals surface area contributed by atoms with Crippen molar-refractivity contribution in [2.75, 3.05) is 6.54 Å². The Morgan fingerprint density at radius 1 is 1.62 bits per heavy atom. The lowest BCUT2D eigenvalue weighted by Crippen LogP contribution is -2.46. The summed E-state index contributed by atoms with van der Waals surface area (Å²) in [6, 6.07) is -0.164. The Kier molecular flexibility index (Phi) is 3.69. The Balaban J connectivity index is 2.39. The lowest BCUT2D eigenvalue weighted by atomic mass is 10.0. The number of amides is 1. The van der Waals surface area contributed by atoms with Crippen molar-refractivity contribution in [1.29, 1.82) is 0 Å². The molecule has 76 valence electrons. The van der Waals surface area contributed by atoms with Gasteiger partial charge in [0.2, 0.25) is 5.91 Å². The second-order valence-corrected chi connectivity index (χ2v) is 3.83. The van der Waals surface area contributed by atoms with Crippen LogP contribution in [0.4, 0.5) is 0 Å². The second kappa shape index (κ2) is 4.58. The monoisotopic (exact) mass is 185 g/mol. The van der Waals surface area contributed by atoms with Gasteiger partial charge in [-0.2, -0.15) is 0 Å². The summed E-state index contributed by atoms with van der Waals surface area (Å²) in [6.45, 7) is 2.35. The van der Waals surface area contributed by atoms with E-state index in [4.69, 9.17) is 11.5 Å². The molecule has 4 nitrogen and oxygen atoms in total. The summed E-state index contributed by atoms with van der Waals surface area (Å²) in [4.78, 5) is 11.3. The molecule has 0 bridgehead atoms. The van der Waals surface area contributed by atoms with E-state index >= 15 is 0 Å². The van der Waals surface area contributed by atoms with Gasteiger partial charge >= 0.3 is 0 Å². The number of nitrogens with two attached hydrogens (primary N) is 2. The number of hydrogen-bond acceptors (Lipinski definition) is 3. The molecular weight excluding hydrogens is 166 g/mol. The van der Waals surface area contributed by atoms with Gasteiger partial charge < -0.3 is 16.8 Å². The zero-order valence-electron chi connectivity index (χ0n) is 8.12. The molecule has 0 aromatic carbocycles. The maximum absolute atomic E-state index is 11.3. The summed E-state index contributed by atoms with van der Waals surface area (Å²) in [6.07, 6.45) is 3.33. The molecule has 3 unspecified atom stereocenters. The van der Waals surface area contributed by atoms with Crippen LogP contribution in [0.25, 0.3) is 0 Å². The van der Waals surface area contributed by atoms with Gasteiger partial charge in [0, 0.05) is 6.04 Å². The third-order valence-electron chi connectivity index (χ3n) is 2.70. The topological polar surface area (TPSA) is 81.1 Å². The fourth-order valence-electron chi connectivity index (χ4n) is 1.82. The first-order valence-electron chi connectivity index (χ1n) is 4.91. The van der Waals surface area contributed by atoms with Crippen molar-refractivity contribution in [2.24, 2.45) is 17.4 Å². The van der Waals surface area contributed by atoms with Crippen molar-refractivity contribution >= 4 is 5.91 Å². The normalized spacial score (nSPS) is 30.1. The van der Waals surface area contributed by atoms with E-state index in [-0.39, 0.29) is 11.9 Å². The highest BCUT2D eigenvalue weighted by molar-refractivity contribution is 5.81. The number of carbonyl (C=O) groups is 1. The molecule has 0 aliphatic heterocycles. The van der Waals surface area contributed by atoms with Gasteiger partial charge in [-0.05, 0) is 32.2 Å². The van der Waals surface area contributed by atoms with Crippen molar-refractivity contribution < 1.29 is 4.79 Å². The van der Waals surface area contributed by atoms with Crippen LogP contribution < -0.4 is 16.8 Å². The largest absolute Gasteiger partial charge is 0.352 e. The van der Waals surface area contributed by atoms with Gasteiger partial charge in [-0.15, -0.1) is 0 Å². The first-order chi connectivity index (χ1) is 6.15. The fourth-order valence-corrected chi connectivity index (χ4v) is 1.82. The summed E-state index contributed by atoms with van der Waals surface area (Å²) < 4.78 is 0. The van der Waals surface area contributed by atoms with Gasteiger partial charge in [0.25, 0.3) is 0 Å². The summed E-state index contributed by atoms with van der Waals surface area (Å²) in [5.74, 6) is 0.382. The lowest BCUT2D eigenvalue weighted by molar-refractivity contribution is -0.122. The predicted molar refractivity (Wildman–Crippen MR) is 52.0 cm³/mol. The van der Waals surface area contributed by atoms with E-state index in [0.29, 0.717) is 12.5 Å². The van der Waals surface area contributed by atoms with Crippen molar-refractivity contribution in [3.8, 4) is 0 Å². The third kappa shape index (κ3) is 2.67. The van der Waals surface area contributed by atoms with Gasteiger partial charge in [0.05, 0.1) is 6.04 Å². The minimum absolute atomic E-state index is 0.0645. The standard InChI is InChI=1S/C9H19N3O/c1-6(11)9(13)12-8-4-2-3-7(8)5-10/h6-8H,2-5,10-11H2,1H3,(H,12,13). The lowest BCUT2D eigenvalue weighted by Gasteiger charge is -2.20. The zero-order chi connectivity index (χ0) is 9.84. The molecule has 0 aromatic heterocycles. The molecule has 0 saturated heterocycles. The number of rotatable bonds is 3. The first kappa shape index (κ1) is 10.5. The van der Waals surface area contributed by atoms with Crippen LogP contribution in [-0.4, -0.2) is 24.5 Å².